The molecule has 0 bridgehead atoms. The second kappa shape index (κ2) is 7.73. The number of hydrogen-bond acceptors (Lipinski definition) is 4. The van der Waals surface area contributed by atoms with Gasteiger partial charge in [0.15, 0.2) is 0 Å². The molecular weight excluding hydrogens is 372 g/mol. The predicted octanol–water partition coefficient (Wildman–Crippen LogP) is 4.00. The highest BCUT2D eigenvalue weighted by Gasteiger charge is 2.31. The van der Waals surface area contributed by atoms with Crippen LogP contribution in [0.15, 0.2) is 66.2 Å². The van der Waals surface area contributed by atoms with Crippen LogP contribution in [0.2, 0.25) is 0 Å². The predicted molar refractivity (Wildman–Crippen MR) is 111 cm³/mol. The van der Waals surface area contributed by atoms with Crippen LogP contribution in [-0.2, 0) is 10.0 Å². The molecule has 1 fully saturated rings. The van der Waals surface area contributed by atoms with Gasteiger partial charge in [-0.2, -0.15) is 4.31 Å². The molecule has 1 aromatic heterocycles. The third-order valence-corrected chi connectivity index (χ3v) is 6.40. The first-order chi connectivity index (χ1) is 13.5. The molecular formula is C22H22N2O3S. The summed E-state index contributed by atoms with van der Waals surface area (Å²) < 4.78 is 32.9. The summed E-state index contributed by atoms with van der Waals surface area (Å²) in [7, 11) is -3.48. The number of sulfonamides is 1. The molecule has 144 valence electrons. The second-order valence-electron chi connectivity index (χ2n) is 6.98. The molecule has 6 heteroatoms. The zero-order valence-electron chi connectivity index (χ0n) is 15.7. The fourth-order valence-electron chi connectivity index (χ4n) is 3.30. The van der Waals surface area contributed by atoms with Crippen LogP contribution in [0.5, 0.6) is 5.75 Å². The van der Waals surface area contributed by atoms with E-state index in [0.717, 1.165) is 22.0 Å². The zero-order valence-corrected chi connectivity index (χ0v) is 16.5. The molecule has 0 spiro atoms. The average Bonchev–Trinajstić information content (AvgIpc) is 3.18. The number of aromatic nitrogens is 1. The van der Waals surface area contributed by atoms with Crippen LogP contribution in [0.1, 0.15) is 17.5 Å². The number of nitrogens with zero attached hydrogens (tertiary/aromatic N) is 2. The van der Waals surface area contributed by atoms with Crippen molar-refractivity contribution in [2.24, 2.45) is 0 Å². The van der Waals surface area contributed by atoms with Crippen molar-refractivity contribution < 1.29 is 13.2 Å². The van der Waals surface area contributed by atoms with Gasteiger partial charge in [-0.05, 0) is 37.1 Å². The first-order valence-electron chi connectivity index (χ1n) is 9.26. The lowest BCUT2D eigenvalue weighted by Crippen LogP contribution is -2.29. The van der Waals surface area contributed by atoms with Gasteiger partial charge in [0.05, 0.1) is 6.54 Å². The molecule has 5 nitrogen and oxygen atoms in total. The molecule has 1 aliphatic rings. The number of hydrogen-bond donors (Lipinski definition) is 0. The molecule has 0 amide bonds. The van der Waals surface area contributed by atoms with E-state index in [1.54, 1.807) is 12.3 Å². The van der Waals surface area contributed by atoms with Crippen molar-refractivity contribution in [2.75, 3.05) is 13.1 Å². The van der Waals surface area contributed by atoms with Crippen molar-refractivity contribution in [3.63, 3.8) is 0 Å². The fourth-order valence-corrected chi connectivity index (χ4v) is 4.54. The molecule has 3 aromatic rings. The third kappa shape index (κ3) is 4.08. The molecule has 4 rings (SSSR count). The van der Waals surface area contributed by atoms with Crippen LogP contribution in [0.25, 0.3) is 17.0 Å². The topological polar surface area (TPSA) is 59.5 Å². The van der Waals surface area contributed by atoms with Crippen LogP contribution in [0, 0.1) is 6.92 Å². The minimum atomic E-state index is -3.48. The maximum atomic E-state index is 12.7. The molecule has 0 N–H and O–H groups in total. The highest BCUT2D eigenvalue weighted by atomic mass is 32.2. The van der Waals surface area contributed by atoms with Gasteiger partial charge in [-0.1, -0.05) is 48.0 Å². The summed E-state index contributed by atoms with van der Waals surface area (Å²) in [6, 6.07) is 17.4. The summed E-state index contributed by atoms with van der Waals surface area (Å²) >= 11 is 0. The maximum absolute atomic E-state index is 12.7. The Morgan fingerprint density at radius 2 is 1.89 bits per heavy atom. The highest BCUT2D eigenvalue weighted by Crippen LogP contribution is 2.27. The van der Waals surface area contributed by atoms with Gasteiger partial charge in [-0.3, -0.25) is 4.98 Å². The van der Waals surface area contributed by atoms with Gasteiger partial charge in [0.25, 0.3) is 0 Å². The number of rotatable bonds is 5. The van der Waals surface area contributed by atoms with Crippen LogP contribution < -0.4 is 4.74 Å². The molecule has 0 saturated carbocycles. The first kappa shape index (κ1) is 18.7. The van der Waals surface area contributed by atoms with E-state index >= 15 is 0 Å². The number of benzene rings is 2. The maximum Gasteiger partial charge on any atom is 0.236 e. The minimum absolute atomic E-state index is 0.185. The fraction of sp³-hybridized carbons (Fsp3) is 0.227. The Hall–Kier alpha value is -2.70. The summed E-state index contributed by atoms with van der Waals surface area (Å²) in [5.74, 6) is 0.692. The highest BCUT2D eigenvalue weighted by molar-refractivity contribution is 7.92. The first-order valence-corrected chi connectivity index (χ1v) is 10.8. The number of pyridine rings is 1. The molecule has 1 unspecified atom stereocenters. The largest absolute Gasteiger partial charge is 0.487 e. The Kier molecular flexibility index (Phi) is 5.15. The number of aryl methyl sites for hydroxylation is 1. The molecule has 0 aliphatic carbocycles. The third-order valence-electron chi connectivity index (χ3n) is 4.87. The van der Waals surface area contributed by atoms with Gasteiger partial charge >= 0.3 is 0 Å². The number of fused-ring (bicyclic) bond motifs is 1. The van der Waals surface area contributed by atoms with Crippen molar-refractivity contribution in [2.45, 2.75) is 19.4 Å². The van der Waals surface area contributed by atoms with Crippen molar-refractivity contribution in [1.82, 2.24) is 9.29 Å². The molecule has 2 aromatic carbocycles. The van der Waals surface area contributed by atoms with Crippen molar-refractivity contribution in [3.05, 3.63) is 77.3 Å². The van der Waals surface area contributed by atoms with Gasteiger partial charge < -0.3 is 4.74 Å². The summed E-state index contributed by atoms with van der Waals surface area (Å²) in [6.45, 7) is 2.79. The number of ether oxygens (including phenoxy) is 1. The van der Waals surface area contributed by atoms with E-state index in [1.165, 1.54) is 9.71 Å². The van der Waals surface area contributed by atoms with Crippen LogP contribution in [0.4, 0.5) is 0 Å². The standard InChI is InChI=1S/C22H22N2O3S/c1-17-7-9-18(10-8-17)12-15-28(25,26)24-14-11-20(16-24)27-21-6-2-4-19-5-3-13-23-22(19)21/h2-10,12-13,15,20H,11,14,16H2,1H3. The minimum Gasteiger partial charge on any atom is -0.487 e. The van der Waals surface area contributed by atoms with Gasteiger partial charge in [0.2, 0.25) is 10.0 Å². The Bertz CT molecular complexity index is 1100. The van der Waals surface area contributed by atoms with E-state index in [1.807, 2.05) is 61.5 Å². The second-order valence-corrected chi connectivity index (χ2v) is 8.79. The van der Waals surface area contributed by atoms with E-state index < -0.39 is 10.0 Å². The van der Waals surface area contributed by atoms with Gasteiger partial charge in [0, 0.05) is 23.5 Å². The van der Waals surface area contributed by atoms with Crippen molar-refractivity contribution in [1.29, 1.82) is 0 Å². The normalized spacial score (nSPS) is 18.1. The molecule has 2 heterocycles. The summed E-state index contributed by atoms with van der Waals surface area (Å²) in [4.78, 5) is 4.39. The zero-order chi connectivity index (χ0) is 19.6. The van der Waals surface area contributed by atoms with Gasteiger partial charge in [0.1, 0.15) is 17.4 Å². The van der Waals surface area contributed by atoms with Crippen LogP contribution in [-0.4, -0.2) is 36.9 Å². The van der Waals surface area contributed by atoms with Crippen molar-refractivity contribution in [3.8, 4) is 5.75 Å². The Labute approximate surface area is 165 Å². The summed E-state index contributed by atoms with van der Waals surface area (Å²) in [5, 5.41) is 2.28. The SMILES string of the molecule is Cc1ccc(C=CS(=O)(=O)N2CCC(Oc3cccc4cccnc34)C2)cc1. The molecule has 1 aliphatic heterocycles. The van der Waals surface area contributed by atoms with E-state index in [4.69, 9.17) is 4.74 Å². The molecule has 28 heavy (non-hydrogen) atoms. The number of para-hydroxylation sites is 1. The molecule has 0 radical (unpaired) electrons. The van der Waals surface area contributed by atoms with Crippen LogP contribution in [0.3, 0.4) is 0 Å². The molecule has 1 saturated heterocycles. The molecule has 1 atom stereocenters. The van der Waals surface area contributed by atoms with E-state index in [9.17, 15) is 8.42 Å². The summed E-state index contributed by atoms with van der Waals surface area (Å²) in [5.41, 5.74) is 2.80. The monoisotopic (exact) mass is 394 g/mol. The van der Waals surface area contributed by atoms with Gasteiger partial charge in [-0.15, -0.1) is 0 Å². The van der Waals surface area contributed by atoms with E-state index in [2.05, 4.69) is 4.98 Å². The van der Waals surface area contributed by atoms with E-state index in [-0.39, 0.29) is 6.10 Å². The lowest BCUT2D eigenvalue weighted by atomic mass is 10.2. The smallest absolute Gasteiger partial charge is 0.236 e. The van der Waals surface area contributed by atoms with Gasteiger partial charge in [-0.25, -0.2) is 8.42 Å². The summed E-state index contributed by atoms with van der Waals surface area (Å²) in [6.07, 6.45) is 3.84. The van der Waals surface area contributed by atoms with Crippen molar-refractivity contribution >= 4 is 27.0 Å². The lowest BCUT2D eigenvalue weighted by molar-refractivity contribution is 0.218. The Morgan fingerprint density at radius 1 is 1.11 bits per heavy atom. The lowest BCUT2D eigenvalue weighted by Gasteiger charge is -2.16. The Balaban J connectivity index is 1.45. The van der Waals surface area contributed by atoms with Crippen LogP contribution >= 0.6 is 0 Å². The average molecular weight is 394 g/mol. The quantitative estimate of drug-likeness (QED) is 0.656. The van der Waals surface area contributed by atoms with E-state index in [0.29, 0.717) is 25.3 Å². The Morgan fingerprint density at radius 3 is 2.71 bits per heavy atom.